The van der Waals surface area contributed by atoms with Crippen LogP contribution in [0.5, 0.6) is 0 Å². The zero-order valence-corrected chi connectivity index (χ0v) is 15.4. The van der Waals surface area contributed by atoms with Crippen molar-refractivity contribution in [3.8, 4) is 0 Å². The van der Waals surface area contributed by atoms with Crippen LogP contribution < -0.4 is 5.32 Å². The molecule has 3 aromatic rings. The highest BCUT2D eigenvalue weighted by Gasteiger charge is 2.13. The van der Waals surface area contributed by atoms with Crippen LogP contribution in [0.2, 0.25) is 5.02 Å². The molecule has 0 fully saturated rings. The third kappa shape index (κ3) is 4.78. The Hall–Kier alpha value is -1.40. The van der Waals surface area contributed by atoms with Crippen molar-refractivity contribution in [2.45, 2.75) is 13.1 Å². The molecule has 6 heteroatoms. The molecule has 0 unspecified atom stereocenters. The van der Waals surface area contributed by atoms with Gasteiger partial charge in [-0.3, -0.25) is 0 Å². The molecule has 0 spiro atoms. The maximum absolute atomic E-state index is 5.93. The van der Waals surface area contributed by atoms with Crippen LogP contribution in [0.1, 0.15) is 9.75 Å². The van der Waals surface area contributed by atoms with Crippen LogP contribution in [0.3, 0.4) is 0 Å². The molecule has 2 nitrogen and oxygen atoms in total. The average Bonchev–Trinajstić information content (AvgIpc) is 3.22. The minimum Gasteiger partial charge on any atom is -0.339 e. The largest absolute Gasteiger partial charge is 0.339 e. The van der Waals surface area contributed by atoms with E-state index in [4.69, 9.17) is 23.8 Å². The van der Waals surface area contributed by atoms with E-state index in [2.05, 4.69) is 45.2 Å². The fraction of sp³-hybridized carbons (Fsp3) is 0.118. The lowest BCUT2D eigenvalue weighted by molar-refractivity contribution is 0.420. The van der Waals surface area contributed by atoms with Crippen molar-refractivity contribution in [2.75, 3.05) is 5.32 Å². The number of thiophene rings is 2. The highest BCUT2D eigenvalue weighted by molar-refractivity contribution is 7.80. The molecule has 0 saturated heterocycles. The highest BCUT2D eigenvalue weighted by Crippen LogP contribution is 2.19. The van der Waals surface area contributed by atoms with Crippen molar-refractivity contribution in [3.63, 3.8) is 0 Å². The molecule has 3 rings (SSSR count). The lowest BCUT2D eigenvalue weighted by Gasteiger charge is -2.25. The van der Waals surface area contributed by atoms with Crippen LogP contribution in [0.25, 0.3) is 0 Å². The van der Waals surface area contributed by atoms with Gasteiger partial charge >= 0.3 is 0 Å². The number of thiocarbonyl (C=S) groups is 1. The summed E-state index contributed by atoms with van der Waals surface area (Å²) in [7, 11) is 0. The Morgan fingerprint density at radius 3 is 2.00 bits per heavy atom. The molecule has 2 aromatic heterocycles. The summed E-state index contributed by atoms with van der Waals surface area (Å²) in [6, 6.07) is 16.0. The van der Waals surface area contributed by atoms with Crippen molar-refractivity contribution in [2.24, 2.45) is 0 Å². The molecule has 0 bridgehead atoms. The second-order valence-corrected chi connectivity index (χ2v) is 7.84. The molecular weight excluding hydrogens is 364 g/mol. The van der Waals surface area contributed by atoms with Gasteiger partial charge in [0.2, 0.25) is 0 Å². The van der Waals surface area contributed by atoms with Crippen LogP contribution in [0, 0.1) is 0 Å². The Bertz CT molecular complexity index is 701. The summed E-state index contributed by atoms with van der Waals surface area (Å²) in [6.45, 7) is 1.60. The number of hydrogen-bond donors (Lipinski definition) is 1. The van der Waals surface area contributed by atoms with E-state index in [0.29, 0.717) is 5.11 Å². The Labute approximate surface area is 154 Å². The summed E-state index contributed by atoms with van der Waals surface area (Å²) in [5.41, 5.74) is 0.946. The summed E-state index contributed by atoms with van der Waals surface area (Å²) in [4.78, 5) is 4.77. The van der Waals surface area contributed by atoms with Crippen molar-refractivity contribution in [3.05, 3.63) is 74.1 Å². The Kier molecular flexibility index (Phi) is 5.67. The van der Waals surface area contributed by atoms with Crippen molar-refractivity contribution < 1.29 is 0 Å². The Balaban J connectivity index is 1.73. The molecule has 0 saturated carbocycles. The minimum absolute atomic E-state index is 0.717. The van der Waals surface area contributed by atoms with E-state index < -0.39 is 0 Å². The standard InChI is InChI=1S/C17H15ClN2S3/c18-13-5-7-14(8-6-13)19-17(21)20(11-15-3-1-9-22-15)12-16-4-2-10-23-16/h1-10H,11-12H2,(H,19,21). The maximum Gasteiger partial charge on any atom is 0.174 e. The van der Waals surface area contributed by atoms with E-state index >= 15 is 0 Å². The van der Waals surface area contributed by atoms with Crippen LogP contribution >= 0.6 is 46.5 Å². The number of halogens is 1. The normalized spacial score (nSPS) is 10.5. The quantitative estimate of drug-likeness (QED) is 0.559. The van der Waals surface area contributed by atoms with Gasteiger partial charge in [-0.15, -0.1) is 22.7 Å². The van der Waals surface area contributed by atoms with Gasteiger partial charge in [0.05, 0.1) is 13.1 Å². The smallest absolute Gasteiger partial charge is 0.174 e. The SMILES string of the molecule is S=C(Nc1ccc(Cl)cc1)N(Cc1cccs1)Cc1cccs1. The molecule has 0 amide bonds. The Morgan fingerprint density at radius 1 is 0.957 bits per heavy atom. The molecule has 0 radical (unpaired) electrons. The molecule has 0 aliphatic heterocycles. The lowest BCUT2D eigenvalue weighted by Crippen LogP contribution is -2.33. The van der Waals surface area contributed by atoms with Crippen LogP contribution in [-0.4, -0.2) is 10.0 Å². The molecule has 1 aromatic carbocycles. The summed E-state index contributed by atoms with van der Waals surface area (Å²) in [5, 5.41) is 8.92. The first-order valence-electron chi connectivity index (χ1n) is 7.07. The van der Waals surface area contributed by atoms with E-state index in [-0.39, 0.29) is 0 Å². The van der Waals surface area contributed by atoms with Crippen LogP contribution in [0.4, 0.5) is 5.69 Å². The topological polar surface area (TPSA) is 15.3 Å². The molecule has 1 N–H and O–H groups in total. The van der Waals surface area contributed by atoms with Crippen molar-refractivity contribution in [1.82, 2.24) is 4.90 Å². The van der Waals surface area contributed by atoms with Gasteiger partial charge in [-0.2, -0.15) is 0 Å². The predicted octanol–water partition coefficient (Wildman–Crippen LogP) is 5.86. The molecule has 0 aliphatic rings. The van der Waals surface area contributed by atoms with Gasteiger partial charge in [0, 0.05) is 20.5 Å². The zero-order chi connectivity index (χ0) is 16.1. The molecule has 0 atom stereocenters. The van der Waals surface area contributed by atoms with Gasteiger partial charge in [0.1, 0.15) is 0 Å². The lowest BCUT2D eigenvalue weighted by atomic mass is 10.3. The molecule has 2 heterocycles. The molecule has 23 heavy (non-hydrogen) atoms. The van der Waals surface area contributed by atoms with Crippen LogP contribution in [0.15, 0.2) is 59.3 Å². The predicted molar refractivity (Wildman–Crippen MR) is 106 cm³/mol. The third-order valence-corrected chi connectivity index (χ3v) is 5.57. The first kappa shape index (κ1) is 16.5. The number of rotatable bonds is 5. The second-order valence-electron chi connectivity index (χ2n) is 4.95. The fourth-order valence-electron chi connectivity index (χ4n) is 2.12. The summed E-state index contributed by atoms with van der Waals surface area (Å²) in [5.74, 6) is 0. The maximum atomic E-state index is 5.93. The third-order valence-electron chi connectivity index (χ3n) is 3.24. The second kappa shape index (κ2) is 7.93. The molecule has 0 aliphatic carbocycles. The summed E-state index contributed by atoms with van der Waals surface area (Å²) < 4.78 is 0. The van der Waals surface area contributed by atoms with Gasteiger partial charge in [0.25, 0.3) is 0 Å². The number of anilines is 1. The van der Waals surface area contributed by atoms with E-state index in [9.17, 15) is 0 Å². The van der Waals surface area contributed by atoms with Crippen LogP contribution in [-0.2, 0) is 13.1 Å². The first-order valence-corrected chi connectivity index (χ1v) is 9.61. The Morgan fingerprint density at radius 2 is 1.52 bits per heavy atom. The first-order chi connectivity index (χ1) is 11.2. The number of nitrogens with zero attached hydrogens (tertiary/aromatic N) is 1. The average molecular weight is 379 g/mol. The van der Waals surface area contributed by atoms with Gasteiger partial charge in [-0.05, 0) is 59.4 Å². The summed E-state index contributed by atoms with van der Waals surface area (Å²) in [6.07, 6.45) is 0. The van der Waals surface area contributed by atoms with Gasteiger partial charge in [-0.1, -0.05) is 23.7 Å². The molecular formula is C17H15ClN2S3. The monoisotopic (exact) mass is 378 g/mol. The summed E-state index contributed by atoms with van der Waals surface area (Å²) >= 11 is 15.1. The fourth-order valence-corrected chi connectivity index (χ4v) is 3.93. The number of hydrogen-bond acceptors (Lipinski definition) is 3. The van der Waals surface area contributed by atoms with E-state index in [0.717, 1.165) is 23.8 Å². The van der Waals surface area contributed by atoms with Gasteiger partial charge in [-0.25, -0.2) is 0 Å². The highest BCUT2D eigenvalue weighted by atomic mass is 35.5. The van der Waals surface area contributed by atoms with E-state index in [1.807, 2.05) is 24.3 Å². The van der Waals surface area contributed by atoms with Gasteiger partial charge < -0.3 is 10.2 Å². The van der Waals surface area contributed by atoms with E-state index in [1.54, 1.807) is 22.7 Å². The van der Waals surface area contributed by atoms with Crippen molar-refractivity contribution >= 4 is 57.3 Å². The van der Waals surface area contributed by atoms with E-state index in [1.165, 1.54) is 9.75 Å². The number of nitrogens with one attached hydrogen (secondary N) is 1. The number of benzene rings is 1. The van der Waals surface area contributed by atoms with Gasteiger partial charge in [0.15, 0.2) is 5.11 Å². The zero-order valence-electron chi connectivity index (χ0n) is 12.2. The minimum atomic E-state index is 0.717. The molecule has 118 valence electrons. The van der Waals surface area contributed by atoms with Crippen molar-refractivity contribution in [1.29, 1.82) is 0 Å².